The van der Waals surface area contributed by atoms with Gasteiger partial charge in [-0.15, -0.1) is 0 Å². The number of unbranched alkanes of at least 4 members (excludes halogenated alkanes) is 2. The number of amides is 5. The maximum absolute atomic E-state index is 13.1. The highest BCUT2D eigenvalue weighted by Gasteiger charge is 2.35. The molecule has 0 bridgehead atoms. The summed E-state index contributed by atoms with van der Waals surface area (Å²) in [6.45, 7) is 11.8. The first-order valence-corrected chi connectivity index (χ1v) is 13.5. The number of piperidine rings is 1. The van der Waals surface area contributed by atoms with Crippen LogP contribution in [0, 0.1) is 6.92 Å². The lowest BCUT2D eigenvalue weighted by molar-refractivity contribution is -0.139. The number of imide groups is 2. The number of ether oxygens (including phenoxy) is 2. The van der Waals surface area contributed by atoms with Gasteiger partial charge < -0.3 is 14.4 Å². The van der Waals surface area contributed by atoms with Crippen molar-refractivity contribution >= 4 is 30.2 Å². The number of nitrogens with zero attached hydrogens (tertiary/aromatic N) is 3. The molecule has 1 aromatic rings. The van der Waals surface area contributed by atoms with E-state index in [0.717, 1.165) is 43.8 Å². The Kier molecular flexibility index (Phi) is 10.4. The zero-order chi connectivity index (χ0) is 28.6. The molecule has 0 spiro atoms. The minimum Gasteiger partial charge on any atom is -0.494 e. The Morgan fingerprint density at radius 3 is 2.46 bits per heavy atom. The summed E-state index contributed by atoms with van der Waals surface area (Å²) >= 11 is 0. The first kappa shape index (κ1) is 30.1. The maximum atomic E-state index is 13.1. The quantitative estimate of drug-likeness (QED) is 0.271. The molecule has 39 heavy (non-hydrogen) atoms. The molecule has 11 heteroatoms. The van der Waals surface area contributed by atoms with Crippen molar-refractivity contribution in [3.63, 3.8) is 0 Å². The maximum Gasteiger partial charge on any atom is 0.410 e. The predicted octanol–water partition coefficient (Wildman–Crippen LogP) is 2.50. The van der Waals surface area contributed by atoms with E-state index in [1.54, 1.807) is 30.0 Å². The van der Waals surface area contributed by atoms with Gasteiger partial charge in [-0.05, 0) is 77.6 Å². The molecule has 0 aromatic heterocycles. The van der Waals surface area contributed by atoms with Gasteiger partial charge in [0.1, 0.15) is 17.4 Å². The largest absolute Gasteiger partial charge is 0.494 e. The van der Waals surface area contributed by atoms with E-state index in [1.165, 1.54) is 0 Å². The molecular formula is C28H40N4O7. The molecule has 1 atom stereocenters. The lowest BCUT2D eigenvalue weighted by Crippen LogP contribution is -2.53. The third-order valence-corrected chi connectivity index (χ3v) is 6.74. The molecule has 2 heterocycles. The van der Waals surface area contributed by atoms with Crippen LogP contribution < -0.4 is 10.1 Å². The molecule has 0 aliphatic carbocycles. The van der Waals surface area contributed by atoms with Gasteiger partial charge in [0, 0.05) is 38.2 Å². The number of rotatable bonds is 10. The minimum atomic E-state index is -1.02. The van der Waals surface area contributed by atoms with E-state index in [9.17, 15) is 24.0 Å². The molecule has 1 unspecified atom stereocenters. The van der Waals surface area contributed by atoms with Crippen LogP contribution in [-0.2, 0) is 19.1 Å². The topological polar surface area (TPSA) is 126 Å². The Morgan fingerprint density at radius 1 is 1.10 bits per heavy atom. The van der Waals surface area contributed by atoms with E-state index < -0.39 is 29.4 Å². The summed E-state index contributed by atoms with van der Waals surface area (Å²) in [6.07, 6.45) is 3.07. The number of piperazine rings is 1. The first-order valence-electron chi connectivity index (χ1n) is 13.5. The highest BCUT2D eigenvalue weighted by atomic mass is 16.6. The van der Waals surface area contributed by atoms with E-state index in [4.69, 9.17) is 9.47 Å². The van der Waals surface area contributed by atoms with E-state index >= 15 is 0 Å². The van der Waals surface area contributed by atoms with Crippen LogP contribution in [0.3, 0.4) is 0 Å². The number of benzene rings is 1. The van der Waals surface area contributed by atoms with Gasteiger partial charge in [0.05, 0.1) is 6.61 Å². The van der Waals surface area contributed by atoms with Crippen molar-refractivity contribution < 1.29 is 33.4 Å². The average Bonchev–Trinajstić information content (AvgIpc) is 2.87. The predicted molar refractivity (Wildman–Crippen MR) is 143 cm³/mol. The Hall–Kier alpha value is -3.47. The van der Waals surface area contributed by atoms with Gasteiger partial charge in [-0.1, -0.05) is 6.07 Å². The van der Waals surface area contributed by atoms with E-state index in [0.29, 0.717) is 37.4 Å². The molecule has 2 aliphatic rings. The highest BCUT2D eigenvalue weighted by Crippen LogP contribution is 2.22. The molecule has 11 nitrogen and oxygen atoms in total. The van der Waals surface area contributed by atoms with Crippen LogP contribution in [0.1, 0.15) is 68.8 Å². The second kappa shape index (κ2) is 13.5. The second-order valence-corrected chi connectivity index (χ2v) is 11.0. The van der Waals surface area contributed by atoms with Crippen LogP contribution in [0.15, 0.2) is 18.2 Å². The molecule has 2 fully saturated rings. The van der Waals surface area contributed by atoms with E-state index in [1.807, 2.05) is 20.8 Å². The molecule has 214 valence electrons. The summed E-state index contributed by atoms with van der Waals surface area (Å²) in [4.78, 5) is 65.6. The molecule has 0 saturated carbocycles. The number of aryl methyl sites for hydroxylation is 1. The zero-order valence-electron chi connectivity index (χ0n) is 23.4. The van der Waals surface area contributed by atoms with Crippen molar-refractivity contribution in [2.45, 2.75) is 71.4 Å². The van der Waals surface area contributed by atoms with Gasteiger partial charge in [-0.25, -0.2) is 4.79 Å². The number of carbonyl (C=O) groups is 5. The molecule has 2 saturated heterocycles. The van der Waals surface area contributed by atoms with Crippen LogP contribution in [0.5, 0.6) is 5.75 Å². The number of hydrogen-bond donors (Lipinski definition) is 1. The van der Waals surface area contributed by atoms with Crippen molar-refractivity contribution in [3.05, 3.63) is 29.3 Å². The van der Waals surface area contributed by atoms with Crippen LogP contribution >= 0.6 is 0 Å². The highest BCUT2D eigenvalue weighted by molar-refractivity contribution is 6.07. The lowest BCUT2D eigenvalue weighted by atomic mass is 10.0. The van der Waals surface area contributed by atoms with Crippen molar-refractivity contribution in [3.8, 4) is 5.75 Å². The monoisotopic (exact) mass is 544 g/mol. The fourth-order valence-corrected chi connectivity index (χ4v) is 4.56. The number of hydrogen-bond acceptors (Lipinski definition) is 8. The van der Waals surface area contributed by atoms with Crippen molar-refractivity contribution in [2.75, 3.05) is 39.3 Å². The summed E-state index contributed by atoms with van der Waals surface area (Å²) in [5.74, 6) is -1.16. The van der Waals surface area contributed by atoms with Gasteiger partial charge in [0.15, 0.2) is 0 Å². The SMILES string of the molecule is Cc1ccc(OCCCCCN2CCN(C(=O)OC(C)(C)C)CC2)cc1C(=O)N(C=O)C1CCC(=O)NC1=O. The van der Waals surface area contributed by atoms with Gasteiger partial charge in [-0.3, -0.25) is 34.3 Å². The number of carbonyl (C=O) groups excluding carboxylic acids is 5. The van der Waals surface area contributed by atoms with Crippen molar-refractivity contribution in [1.29, 1.82) is 0 Å². The number of nitrogens with one attached hydrogen (secondary N) is 1. The summed E-state index contributed by atoms with van der Waals surface area (Å²) in [6, 6.07) is 4.09. The minimum absolute atomic E-state index is 0.0679. The van der Waals surface area contributed by atoms with Gasteiger partial charge in [0.2, 0.25) is 18.2 Å². The van der Waals surface area contributed by atoms with Gasteiger partial charge in [0.25, 0.3) is 5.91 Å². The Morgan fingerprint density at radius 2 is 1.82 bits per heavy atom. The third-order valence-electron chi connectivity index (χ3n) is 6.74. The molecule has 2 aliphatic heterocycles. The van der Waals surface area contributed by atoms with E-state index in [2.05, 4.69) is 10.2 Å². The smallest absolute Gasteiger partial charge is 0.410 e. The summed E-state index contributed by atoms with van der Waals surface area (Å²) in [5, 5.41) is 2.18. The van der Waals surface area contributed by atoms with Crippen molar-refractivity contribution in [1.82, 2.24) is 20.0 Å². The fourth-order valence-electron chi connectivity index (χ4n) is 4.56. The lowest BCUT2D eigenvalue weighted by Gasteiger charge is -2.35. The zero-order valence-corrected chi connectivity index (χ0v) is 23.4. The molecule has 1 N–H and O–H groups in total. The van der Waals surface area contributed by atoms with Crippen LogP contribution in [0.4, 0.5) is 4.79 Å². The molecule has 0 radical (unpaired) electrons. The molecule has 1 aromatic carbocycles. The van der Waals surface area contributed by atoms with Crippen LogP contribution in [0.25, 0.3) is 0 Å². The molecule has 5 amide bonds. The Bertz CT molecular complexity index is 1060. The molecular weight excluding hydrogens is 504 g/mol. The standard InChI is InChI=1S/C28H40N4O7/c1-20-8-9-21(18-22(20)26(36)32(19-33)23-10-11-24(34)29-25(23)35)38-17-7-5-6-12-30-13-15-31(16-14-30)27(37)39-28(2,3)4/h8-9,18-19,23H,5-7,10-17H2,1-4H3,(H,29,34,35). The van der Waals surface area contributed by atoms with Crippen LogP contribution in [-0.4, -0.2) is 95.9 Å². The third kappa shape index (κ3) is 8.77. The fraction of sp³-hybridized carbons (Fsp3) is 0.607. The second-order valence-electron chi connectivity index (χ2n) is 11.0. The van der Waals surface area contributed by atoms with Crippen LogP contribution in [0.2, 0.25) is 0 Å². The summed E-state index contributed by atoms with van der Waals surface area (Å²) in [7, 11) is 0. The summed E-state index contributed by atoms with van der Waals surface area (Å²) < 4.78 is 11.3. The summed E-state index contributed by atoms with van der Waals surface area (Å²) in [5.41, 5.74) is 0.436. The van der Waals surface area contributed by atoms with E-state index in [-0.39, 0.29) is 24.5 Å². The van der Waals surface area contributed by atoms with Gasteiger partial charge >= 0.3 is 6.09 Å². The van der Waals surface area contributed by atoms with Crippen molar-refractivity contribution in [2.24, 2.45) is 0 Å². The Labute approximate surface area is 229 Å². The average molecular weight is 545 g/mol. The molecule has 3 rings (SSSR count). The first-order chi connectivity index (χ1) is 18.5. The normalized spacial score (nSPS) is 18.4. The Balaban J connectivity index is 1.40. The van der Waals surface area contributed by atoms with Gasteiger partial charge in [-0.2, -0.15) is 0 Å².